The van der Waals surface area contributed by atoms with Crippen LogP contribution in [0.5, 0.6) is 0 Å². The normalized spacial score (nSPS) is 9.45. The van der Waals surface area contributed by atoms with Crippen LogP contribution in [-0.4, -0.2) is 36.0 Å². The van der Waals surface area contributed by atoms with Crippen LogP contribution in [0.25, 0.3) is 0 Å². The second-order valence-electron chi connectivity index (χ2n) is 3.90. The zero-order chi connectivity index (χ0) is 16.5. The van der Waals surface area contributed by atoms with Crippen molar-refractivity contribution in [1.29, 1.82) is 0 Å². The van der Waals surface area contributed by atoms with E-state index in [0.29, 0.717) is 0 Å². The van der Waals surface area contributed by atoms with Gasteiger partial charge in [-0.1, -0.05) is 18.2 Å². The van der Waals surface area contributed by atoms with Gasteiger partial charge in [-0.2, -0.15) is 0 Å². The Kier molecular flexibility index (Phi) is 6.23. The van der Waals surface area contributed by atoms with E-state index in [-0.39, 0.29) is 12.1 Å². The molecule has 0 unspecified atom stereocenters. The maximum absolute atomic E-state index is 11.7. The Morgan fingerprint density at radius 1 is 1.32 bits per heavy atom. The number of nitro groups is 1. The van der Waals surface area contributed by atoms with Crippen molar-refractivity contribution in [1.82, 2.24) is 10.6 Å². The highest BCUT2D eigenvalue weighted by Crippen LogP contribution is 2.18. The number of esters is 1. The minimum atomic E-state index is -1.03. The monoisotopic (exact) mass is 307 g/mol. The molecule has 0 fully saturated rings. The molecule has 0 aromatic heterocycles. The molecule has 9 nitrogen and oxygen atoms in total. The second kappa shape index (κ2) is 8.15. The average Bonchev–Trinajstić information content (AvgIpc) is 2.50. The summed E-state index contributed by atoms with van der Waals surface area (Å²) < 4.78 is 4.63. The number of rotatable bonds is 6. The molecule has 116 valence electrons. The van der Waals surface area contributed by atoms with E-state index in [1.807, 2.05) is 5.32 Å². The summed E-state index contributed by atoms with van der Waals surface area (Å²) in [5.74, 6) is -1.90. The number of carbonyl (C=O) groups is 3. The van der Waals surface area contributed by atoms with Gasteiger partial charge in [0.15, 0.2) is 6.61 Å². The number of carbonyl (C=O) groups excluding carboxylic acids is 3. The molecule has 1 rings (SSSR count). The van der Waals surface area contributed by atoms with Gasteiger partial charge in [-0.3, -0.25) is 20.2 Å². The SMILES string of the molecule is C=CCNC(=O)NC(=O)COC(=O)c1ccccc1[N+](=O)[O-]. The lowest BCUT2D eigenvalue weighted by Crippen LogP contribution is -2.41. The molecule has 9 heteroatoms. The highest BCUT2D eigenvalue weighted by molar-refractivity contribution is 5.98. The van der Waals surface area contributed by atoms with Gasteiger partial charge in [0.05, 0.1) is 4.92 Å². The van der Waals surface area contributed by atoms with E-state index in [1.165, 1.54) is 24.3 Å². The third-order valence-electron chi connectivity index (χ3n) is 2.31. The van der Waals surface area contributed by atoms with Gasteiger partial charge >= 0.3 is 12.0 Å². The van der Waals surface area contributed by atoms with Crippen molar-refractivity contribution in [3.63, 3.8) is 0 Å². The molecule has 0 aliphatic rings. The maximum Gasteiger partial charge on any atom is 0.345 e. The molecule has 0 saturated heterocycles. The molecule has 0 saturated carbocycles. The van der Waals surface area contributed by atoms with E-state index < -0.39 is 35.1 Å². The second-order valence-corrected chi connectivity index (χ2v) is 3.90. The number of ether oxygens (including phenoxy) is 1. The topological polar surface area (TPSA) is 128 Å². The van der Waals surface area contributed by atoms with Crippen molar-refractivity contribution >= 4 is 23.6 Å². The van der Waals surface area contributed by atoms with Crippen LogP contribution in [0.1, 0.15) is 10.4 Å². The summed E-state index contributed by atoms with van der Waals surface area (Å²) in [4.78, 5) is 44.3. The number of imide groups is 1. The number of nitro benzene ring substituents is 1. The Labute approximate surface area is 125 Å². The molecule has 0 aliphatic carbocycles. The Balaban J connectivity index is 2.56. The van der Waals surface area contributed by atoms with Gasteiger partial charge in [0, 0.05) is 12.6 Å². The van der Waals surface area contributed by atoms with Gasteiger partial charge in [-0.15, -0.1) is 6.58 Å². The number of urea groups is 1. The quantitative estimate of drug-likeness (QED) is 0.346. The molecule has 0 bridgehead atoms. The van der Waals surface area contributed by atoms with E-state index in [9.17, 15) is 24.5 Å². The molecule has 1 aromatic rings. The first-order chi connectivity index (χ1) is 10.5. The molecular formula is C13H13N3O6. The first-order valence-electron chi connectivity index (χ1n) is 6.04. The summed E-state index contributed by atoms with van der Waals surface area (Å²) in [5.41, 5.74) is -0.715. The standard InChI is InChI=1S/C13H13N3O6/c1-2-7-14-13(19)15-11(17)8-22-12(18)9-5-3-4-6-10(9)16(20)21/h2-6H,1,7-8H2,(H2,14,15,17,19). The molecule has 0 radical (unpaired) electrons. The summed E-state index contributed by atoms with van der Waals surface area (Å²) in [6.45, 7) is 2.79. The van der Waals surface area contributed by atoms with Crippen molar-refractivity contribution in [3.8, 4) is 0 Å². The summed E-state index contributed by atoms with van der Waals surface area (Å²) in [5, 5.41) is 15.0. The predicted molar refractivity (Wildman–Crippen MR) is 75.1 cm³/mol. The van der Waals surface area contributed by atoms with Gasteiger partial charge in [0.25, 0.3) is 11.6 Å². The third-order valence-corrected chi connectivity index (χ3v) is 2.31. The van der Waals surface area contributed by atoms with E-state index in [2.05, 4.69) is 16.6 Å². The van der Waals surface area contributed by atoms with Crippen LogP contribution in [0.3, 0.4) is 0 Å². The Hall–Kier alpha value is -3.23. The first kappa shape index (κ1) is 16.8. The largest absolute Gasteiger partial charge is 0.452 e. The molecule has 3 amide bonds. The lowest BCUT2D eigenvalue weighted by molar-refractivity contribution is -0.385. The molecule has 22 heavy (non-hydrogen) atoms. The number of nitrogens with one attached hydrogen (secondary N) is 2. The van der Waals surface area contributed by atoms with Crippen LogP contribution in [0.4, 0.5) is 10.5 Å². The molecular weight excluding hydrogens is 294 g/mol. The Morgan fingerprint density at radius 3 is 2.64 bits per heavy atom. The fourth-order valence-corrected chi connectivity index (χ4v) is 1.39. The number of hydrogen-bond acceptors (Lipinski definition) is 6. The van der Waals surface area contributed by atoms with Crippen LogP contribution in [0.15, 0.2) is 36.9 Å². The van der Waals surface area contributed by atoms with Crippen LogP contribution < -0.4 is 10.6 Å². The van der Waals surface area contributed by atoms with E-state index in [4.69, 9.17) is 0 Å². The van der Waals surface area contributed by atoms with Gasteiger partial charge in [-0.25, -0.2) is 9.59 Å². The lowest BCUT2D eigenvalue weighted by atomic mass is 10.2. The molecule has 0 heterocycles. The summed E-state index contributed by atoms with van der Waals surface area (Å²) in [7, 11) is 0. The van der Waals surface area contributed by atoms with E-state index >= 15 is 0 Å². The molecule has 2 N–H and O–H groups in total. The lowest BCUT2D eigenvalue weighted by Gasteiger charge is -2.06. The van der Waals surface area contributed by atoms with Crippen molar-refractivity contribution in [2.75, 3.05) is 13.2 Å². The minimum Gasteiger partial charge on any atom is -0.452 e. The highest BCUT2D eigenvalue weighted by atomic mass is 16.6. The number of hydrogen-bond donors (Lipinski definition) is 2. The van der Waals surface area contributed by atoms with Crippen molar-refractivity contribution in [3.05, 3.63) is 52.6 Å². The fourth-order valence-electron chi connectivity index (χ4n) is 1.39. The van der Waals surface area contributed by atoms with Crippen molar-refractivity contribution in [2.45, 2.75) is 0 Å². The number of nitrogens with zero attached hydrogens (tertiary/aromatic N) is 1. The molecule has 0 spiro atoms. The zero-order valence-electron chi connectivity index (χ0n) is 11.4. The molecule has 0 aliphatic heterocycles. The highest BCUT2D eigenvalue weighted by Gasteiger charge is 2.21. The summed E-state index contributed by atoms with van der Waals surface area (Å²) >= 11 is 0. The Morgan fingerprint density at radius 2 is 2.00 bits per heavy atom. The van der Waals surface area contributed by atoms with Crippen LogP contribution in [-0.2, 0) is 9.53 Å². The zero-order valence-corrected chi connectivity index (χ0v) is 11.4. The maximum atomic E-state index is 11.7. The smallest absolute Gasteiger partial charge is 0.345 e. The van der Waals surface area contributed by atoms with Gasteiger partial charge in [0.1, 0.15) is 5.56 Å². The summed E-state index contributed by atoms with van der Waals surface area (Å²) in [6.07, 6.45) is 1.42. The van der Waals surface area contributed by atoms with E-state index in [0.717, 1.165) is 6.07 Å². The van der Waals surface area contributed by atoms with E-state index in [1.54, 1.807) is 0 Å². The fraction of sp³-hybridized carbons (Fsp3) is 0.154. The van der Waals surface area contributed by atoms with Crippen molar-refractivity contribution < 1.29 is 24.0 Å². The Bertz CT molecular complexity index is 614. The third kappa shape index (κ3) is 5.04. The van der Waals surface area contributed by atoms with Crippen LogP contribution in [0.2, 0.25) is 0 Å². The van der Waals surface area contributed by atoms with Gasteiger partial charge in [0.2, 0.25) is 0 Å². The molecule has 1 aromatic carbocycles. The van der Waals surface area contributed by atoms with Gasteiger partial charge < -0.3 is 10.1 Å². The number of benzene rings is 1. The minimum absolute atomic E-state index is 0.162. The molecule has 0 atom stereocenters. The number of amides is 3. The first-order valence-corrected chi connectivity index (χ1v) is 6.04. The van der Waals surface area contributed by atoms with Crippen molar-refractivity contribution in [2.24, 2.45) is 0 Å². The average molecular weight is 307 g/mol. The van der Waals surface area contributed by atoms with Gasteiger partial charge in [-0.05, 0) is 6.07 Å². The van der Waals surface area contributed by atoms with Crippen LogP contribution in [0, 0.1) is 10.1 Å². The van der Waals surface area contributed by atoms with Crippen LogP contribution >= 0.6 is 0 Å². The predicted octanol–water partition coefficient (Wildman–Crippen LogP) is 0.763. The number of para-hydroxylation sites is 1. The summed E-state index contributed by atoms with van der Waals surface area (Å²) in [6, 6.07) is 4.39.